The number of amides is 2. The molecule has 0 aromatic heterocycles. The highest BCUT2D eigenvalue weighted by molar-refractivity contribution is 6.43. The highest BCUT2D eigenvalue weighted by atomic mass is 19.1. The van der Waals surface area contributed by atoms with Gasteiger partial charge in [0.15, 0.2) is 0 Å². The molecule has 3 rings (SSSR count). The molecule has 0 N–H and O–H groups in total. The van der Waals surface area contributed by atoms with E-state index in [9.17, 15) is 14.0 Å². The van der Waals surface area contributed by atoms with Gasteiger partial charge in [-0.3, -0.25) is 9.59 Å². The minimum Gasteiger partial charge on any atom is -0.269 e. The average Bonchev–Trinajstić information content (AvgIpc) is 2.75. The lowest BCUT2D eigenvalue weighted by atomic mass is 10.1. The molecule has 1 aliphatic rings. The first-order valence-electron chi connectivity index (χ1n) is 6.08. The predicted molar refractivity (Wildman–Crippen MR) is 73.3 cm³/mol. The Kier molecular flexibility index (Phi) is 2.91. The van der Waals surface area contributed by atoms with Crippen LogP contribution in [-0.2, 0) is 9.59 Å². The van der Waals surface area contributed by atoms with Gasteiger partial charge in [-0.25, -0.2) is 9.29 Å². The molecule has 20 heavy (non-hydrogen) atoms. The second-order valence-corrected chi connectivity index (χ2v) is 4.38. The van der Waals surface area contributed by atoms with Gasteiger partial charge in [0.2, 0.25) is 0 Å². The van der Waals surface area contributed by atoms with E-state index >= 15 is 0 Å². The fourth-order valence-electron chi connectivity index (χ4n) is 2.15. The van der Waals surface area contributed by atoms with Gasteiger partial charge < -0.3 is 0 Å². The van der Waals surface area contributed by atoms with Crippen LogP contribution in [0.5, 0.6) is 0 Å². The Bertz CT molecular complexity index is 722. The maximum atomic E-state index is 13.2. The Balaban J connectivity index is 1.99. The molecule has 0 atom stereocenters. The lowest BCUT2D eigenvalue weighted by molar-refractivity contribution is -0.119. The number of rotatable bonds is 2. The first-order chi connectivity index (χ1) is 9.66. The maximum absolute atomic E-state index is 13.2. The van der Waals surface area contributed by atoms with E-state index in [-0.39, 0.29) is 5.69 Å². The third kappa shape index (κ3) is 2.01. The van der Waals surface area contributed by atoms with E-state index in [4.69, 9.17) is 0 Å². The Morgan fingerprint density at radius 3 is 2.35 bits per heavy atom. The summed E-state index contributed by atoms with van der Waals surface area (Å²) in [5, 5.41) is 0. The number of hydrogen-bond donors (Lipinski definition) is 0. The molecule has 0 radical (unpaired) electrons. The minimum absolute atomic E-state index is 0.238. The summed E-state index contributed by atoms with van der Waals surface area (Å²) in [7, 11) is 0. The standard InChI is InChI=1S/C16H10FNO2/c17-12-7-4-8-13(9-12)18-15(19)10-14(16(18)20)11-5-2-1-3-6-11/h1-10H. The van der Waals surface area contributed by atoms with E-state index in [0.29, 0.717) is 11.1 Å². The van der Waals surface area contributed by atoms with Crippen LogP contribution in [0.25, 0.3) is 5.57 Å². The average molecular weight is 267 g/mol. The molecule has 2 aromatic carbocycles. The molecular weight excluding hydrogens is 257 g/mol. The van der Waals surface area contributed by atoms with Crippen molar-refractivity contribution in [2.24, 2.45) is 0 Å². The molecule has 0 spiro atoms. The fraction of sp³-hybridized carbons (Fsp3) is 0. The zero-order valence-corrected chi connectivity index (χ0v) is 10.4. The predicted octanol–water partition coefficient (Wildman–Crippen LogP) is 2.78. The van der Waals surface area contributed by atoms with E-state index in [1.165, 1.54) is 24.3 Å². The third-order valence-electron chi connectivity index (χ3n) is 3.07. The smallest absolute Gasteiger partial charge is 0.266 e. The van der Waals surface area contributed by atoms with E-state index in [1.807, 2.05) is 6.07 Å². The summed E-state index contributed by atoms with van der Waals surface area (Å²) in [6.07, 6.45) is 1.28. The van der Waals surface area contributed by atoms with Crippen LogP contribution in [0, 0.1) is 5.82 Å². The summed E-state index contributed by atoms with van der Waals surface area (Å²) in [6.45, 7) is 0. The molecule has 98 valence electrons. The lowest BCUT2D eigenvalue weighted by Crippen LogP contribution is -2.30. The Labute approximate surface area is 115 Å². The normalized spacial score (nSPS) is 14.7. The van der Waals surface area contributed by atoms with Crippen molar-refractivity contribution in [3.8, 4) is 0 Å². The molecule has 1 aliphatic heterocycles. The van der Waals surface area contributed by atoms with Crippen LogP contribution in [0.1, 0.15) is 5.56 Å². The first kappa shape index (κ1) is 12.3. The summed E-state index contributed by atoms with van der Waals surface area (Å²) in [5.74, 6) is -1.39. The van der Waals surface area contributed by atoms with Crippen molar-refractivity contribution in [3.05, 3.63) is 72.1 Å². The Hall–Kier alpha value is -2.75. The molecule has 3 nitrogen and oxygen atoms in total. The number of carbonyl (C=O) groups is 2. The zero-order valence-electron chi connectivity index (χ0n) is 10.4. The van der Waals surface area contributed by atoms with Crippen LogP contribution in [0.4, 0.5) is 10.1 Å². The number of nitrogens with zero attached hydrogens (tertiary/aromatic N) is 1. The summed E-state index contributed by atoms with van der Waals surface area (Å²) in [5.41, 5.74) is 1.23. The number of carbonyl (C=O) groups excluding carboxylic acids is 2. The SMILES string of the molecule is O=C1C=C(c2ccccc2)C(=O)N1c1cccc(F)c1. The van der Waals surface area contributed by atoms with Gasteiger partial charge in [-0.05, 0) is 23.8 Å². The highest BCUT2D eigenvalue weighted by Crippen LogP contribution is 2.28. The number of anilines is 1. The van der Waals surface area contributed by atoms with E-state index in [1.54, 1.807) is 24.3 Å². The van der Waals surface area contributed by atoms with Gasteiger partial charge in [0.25, 0.3) is 11.8 Å². The van der Waals surface area contributed by atoms with Crippen molar-refractivity contribution in [2.45, 2.75) is 0 Å². The highest BCUT2D eigenvalue weighted by Gasteiger charge is 2.32. The zero-order chi connectivity index (χ0) is 14.1. The van der Waals surface area contributed by atoms with Crippen LogP contribution in [-0.4, -0.2) is 11.8 Å². The lowest BCUT2D eigenvalue weighted by Gasteiger charge is -2.14. The van der Waals surface area contributed by atoms with Crippen LogP contribution < -0.4 is 4.90 Å². The maximum Gasteiger partial charge on any atom is 0.266 e. The molecule has 0 saturated heterocycles. The van der Waals surface area contributed by atoms with Crippen LogP contribution in [0.15, 0.2) is 60.7 Å². The quantitative estimate of drug-likeness (QED) is 0.785. The van der Waals surface area contributed by atoms with Crippen molar-refractivity contribution < 1.29 is 14.0 Å². The summed E-state index contributed by atoms with van der Waals surface area (Å²) in [6, 6.07) is 14.3. The first-order valence-corrected chi connectivity index (χ1v) is 6.08. The monoisotopic (exact) mass is 267 g/mol. The van der Waals surface area contributed by atoms with Gasteiger partial charge in [-0.1, -0.05) is 36.4 Å². The number of hydrogen-bond acceptors (Lipinski definition) is 2. The third-order valence-corrected chi connectivity index (χ3v) is 3.07. The summed E-state index contributed by atoms with van der Waals surface area (Å²) in [4.78, 5) is 25.3. The van der Waals surface area contributed by atoms with Crippen molar-refractivity contribution in [1.29, 1.82) is 0 Å². The van der Waals surface area contributed by atoms with Gasteiger partial charge in [0.05, 0.1) is 11.3 Å². The van der Waals surface area contributed by atoms with Gasteiger partial charge in [0, 0.05) is 6.08 Å². The van der Waals surface area contributed by atoms with E-state index in [0.717, 1.165) is 11.0 Å². The summed E-state index contributed by atoms with van der Waals surface area (Å²) >= 11 is 0. The number of halogens is 1. The molecule has 0 saturated carbocycles. The molecule has 4 heteroatoms. The van der Waals surface area contributed by atoms with Gasteiger partial charge >= 0.3 is 0 Å². The molecule has 0 bridgehead atoms. The number of imide groups is 1. The van der Waals surface area contributed by atoms with Crippen molar-refractivity contribution in [2.75, 3.05) is 4.90 Å². The topological polar surface area (TPSA) is 37.4 Å². The van der Waals surface area contributed by atoms with Gasteiger partial charge in [-0.15, -0.1) is 0 Å². The minimum atomic E-state index is -0.490. The van der Waals surface area contributed by atoms with Crippen LogP contribution in [0.3, 0.4) is 0 Å². The summed E-state index contributed by atoms with van der Waals surface area (Å²) < 4.78 is 13.2. The molecule has 1 heterocycles. The van der Waals surface area contributed by atoms with E-state index < -0.39 is 17.6 Å². The van der Waals surface area contributed by atoms with E-state index in [2.05, 4.69) is 0 Å². The molecular formula is C16H10FNO2. The largest absolute Gasteiger partial charge is 0.269 e. The van der Waals surface area contributed by atoms with Crippen molar-refractivity contribution >= 4 is 23.1 Å². The Morgan fingerprint density at radius 2 is 1.65 bits per heavy atom. The molecule has 2 aromatic rings. The molecule has 2 amide bonds. The van der Waals surface area contributed by atoms with Gasteiger partial charge in [0.1, 0.15) is 5.82 Å². The number of benzene rings is 2. The molecule has 0 unspecified atom stereocenters. The van der Waals surface area contributed by atoms with Gasteiger partial charge in [-0.2, -0.15) is 0 Å². The van der Waals surface area contributed by atoms with Crippen LogP contribution >= 0.6 is 0 Å². The molecule has 0 aliphatic carbocycles. The molecule has 0 fully saturated rings. The second kappa shape index (κ2) is 4.74. The fourth-order valence-corrected chi connectivity index (χ4v) is 2.15. The second-order valence-electron chi connectivity index (χ2n) is 4.38. The Morgan fingerprint density at radius 1 is 0.900 bits per heavy atom. The van der Waals surface area contributed by atoms with Crippen molar-refractivity contribution in [3.63, 3.8) is 0 Å². The van der Waals surface area contributed by atoms with Crippen LogP contribution in [0.2, 0.25) is 0 Å². The van der Waals surface area contributed by atoms with Crippen molar-refractivity contribution in [1.82, 2.24) is 0 Å².